The van der Waals surface area contributed by atoms with Crippen molar-refractivity contribution in [1.82, 2.24) is 10.6 Å². The number of carbonyl (C=O) groups is 1. The monoisotopic (exact) mass is 488 g/mol. The molecule has 1 amide bonds. The van der Waals surface area contributed by atoms with Crippen LogP contribution in [0.5, 0.6) is 5.75 Å². The quantitative estimate of drug-likeness (QED) is 0.317. The highest BCUT2D eigenvalue weighted by Crippen LogP contribution is 2.25. The number of halogens is 1. The molecule has 0 aliphatic carbocycles. The van der Waals surface area contributed by atoms with Gasteiger partial charge in [0, 0.05) is 20.0 Å². The SMILES string of the molecule is CCNC(=NCc1ccsc1)NCc1ccc(OC)c(NC(C)=O)c1.I. The smallest absolute Gasteiger partial charge is 0.221 e. The van der Waals surface area contributed by atoms with Crippen molar-refractivity contribution < 1.29 is 9.53 Å². The van der Waals surface area contributed by atoms with Gasteiger partial charge in [-0.1, -0.05) is 6.07 Å². The third-order valence-corrected chi connectivity index (χ3v) is 4.11. The minimum atomic E-state index is -0.130. The fourth-order valence-corrected chi connectivity index (χ4v) is 2.89. The van der Waals surface area contributed by atoms with E-state index in [0.29, 0.717) is 24.5 Å². The van der Waals surface area contributed by atoms with Gasteiger partial charge in [-0.25, -0.2) is 4.99 Å². The summed E-state index contributed by atoms with van der Waals surface area (Å²) in [6, 6.07) is 7.77. The first-order valence-electron chi connectivity index (χ1n) is 8.10. The summed E-state index contributed by atoms with van der Waals surface area (Å²) in [4.78, 5) is 15.9. The summed E-state index contributed by atoms with van der Waals surface area (Å²) in [6.45, 7) is 5.52. The molecule has 2 aromatic rings. The van der Waals surface area contributed by atoms with Gasteiger partial charge in [-0.2, -0.15) is 11.3 Å². The maximum absolute atomic E-state index is 11.3. The number of carbonyl (C=O) groups excluding carboxylic acids is 1. The van der Waals surface area contributed by atoms with Crippen molar-refractivity contribution in [1.29, 1.82) is 0 Å². The number of methoxy groups -OCH3 is 1. The Morgan fingerprint density at radius 2 is 2.04 bits per heavy atom. The van der Waals surface area contributed by atoms with Gasteiger partial charge in [-0.15, -0.1) is 24.0 Å². The van der Waals surface area contributed by atoms with Crippen LogP contribution in [0.4, 0.5) is 5.69 Å². The summed E-state index contributed by atoms with van der Waals surface area (Å²) in [7, 11) is 1.58. The molecule has 0 saturated heterocycles. The number of nitrogens with one attached hydrogen (secondary N) is 3. The first-order valence-corrected chi connectivity index (χ1v) is 9.04. The Bertz CT molecular complexity index is 720. The Morgan fingerprint density at radius 3 is 2.65 bits per heavy atom. The molecule has 1 aromatic carbocycles. The van der Waals surface area contributed by atoms with Crippen LogP contribution in [0.1, 0.15) is 25.0 Å². The maximum atomic E-state index is 11.3. The summed E-state index contributed by atoms with van der Waals surface area (Å²) >= 11 is 1.67. The number of guanidine groups is 1. The standard InChI is InChI=1S/C18H24N4O2S.HI/c1-4-19-18(21-11-15-7-8-25-12-15)20-10-14-5-6-17(24-3)16(9-14)22-13(2)23;/h5-9,12H,4,10-11H2,1-3H3,(H,22,23)(H2,19,20,21);1H. The first-order chi connectivity index (χ1) is 12.1. The van der Waals surface area contributed by atoms with Crippen LogP contribution in [-0.2, 0) is 17.9 Å². The zero-order valence-corrected chi connectivity index (χ0v) is 18.3. The zero-order chi connectivity index (χ0) is 18.1. The molecule has 8 heteroatoms. The molecule has 0 atom stereocenters. The average molecular weight is 488 g/mol. The lowest BCUT2D eigenvalue weighted by molar-refractivity contribution is -0.114. The molecule has 142 valence electrons. The van der Waals surface area contributed by atoms with E-state index in [4.69, 9.17) is 4.74 Å². The first kappa shape index (κ1) is 22.2. The lowest BCUT2D eigenvalue weighted by atomic mass is 10.2. The van der Waals surface area contributed by atoms with Crippen LogP contribution in [0.25, 0.3) is 0 Å². The van der Waals surface area contributed by atoms with E-state index in [0.717, 1.165) is 18.1 Å². The van der Waals surface area contributed by atoms with Crippen molar-refractivity contribution in [3.8, 4) is 5.75 Å². The Kier molecular flexibility index (Phi) is 10.0. The third kappa shape index (κ3) is 7.20. The number of thiophene rings is 1. The summed E-state index contributed by atoms with van der Waals surface area (Å²) in [5.74, 6) is 1.26. The van der Waals surface area contributed by atoms with E-state index in [1.165, 1.54) is 12.5 Å². The molecular weight excluding hydrogens is 463 g/mol. The third-order valence-electron chi connectivity index (χ3n) is 3.38. The number of ether oxygens (including phenoxy) is 1. The van der Waals surface area contributed by atoms with Gasteiger partial charge in [-0.3, -0.25) is 4.79 Å². The van der Waals surface area contributed by atoms with E-state index in [1.54, 1.807) is 18.4 Å². The number of anilines is 1. The second-order valence-electron chi connectivity index (χ2n) is 5.40. The minimum Gasteiger partial charge on any atom is -0.495 e. The molecule has 6 nitrogen and oxygen atoms in total. The number of hydrogen-bond donors (Lipinski definition) is 3. The van der Waals surface area contributed by atoms with Crippen LogP contribution in [0, 0.1) is 0 Å². The number of benzene rings is 1. The fourth-order valence-electron chi connectivity index (χ4n) is 2.23. The summed E-state index contributed by atoms with van der Waals surface area (Å²) < 4.78 is 5.28. The molecule has 1 aromatic heterocycles. The number of nitrogens with zero attached hydrogens (tertiary/aromatic N) is 1. The summed E-state index contributed by atoms with van der Waals surface area (Å²) in [6.07, 6.45) is 0. The van der Waals surface area contributed by atoms with E-state index >= 15 is 0 Å². The highest BCUT2D eigenvalue weighted by Gasteiger charge is 2.07. The van der Waals surface area contributed by atoms with E-state index in [1.807, 2.05) is 30.5 Å². The molecule has 26 heavy (non-hydrogen) atoms. The molecule has 0 saturated carbocycles. The van der Waals surface area contributed by atoms with Crippen LogP contribution >= 0.6 is 35.3 Å². The van der Waals surface area contributed by atoms with Gasteiger partial charge in [0.2, 0.25) is 5.91 Å². The average Bonchev–Trinajstić information content (AvgIpc) is 3.10. The van der Waals surface area contributed by atoms with E-state index in [2.05, 4.69) is 32.4 Å². The molecule has 0 radical (unpaired) electrons. The minimum absolute atomic E-state index is 0. The molecule has 0 spiro atoms. The molecule has 0 bridgehead atoms. The molecule has 0 unspecified atom stereocenters. The summed E-state index contributed by atoms with van der Waals surface area (Å²) in [5.41, 5.74) is 2.87. The van der Waals surface area contributed by atoms with Gasteiger partial charge < -0.3 is 20.7 Å². The van der Waals surface area contributed by atoms with Crippen molar-refractivity contribution in [2.75, 3.05) is 19.0 Å². The second-order valence-corrected chi connectivity index (χ2v) is 6.18. The summed E-state index contributed by atoms with van der Waals surface area (Å²) in [5, 5.41) is 13.5. The Hall–Kier alpha value is -1.81. The van der Waals surface area contributed by atoms with Crippen LogP contribution < -0.4 is 20.7 Å². The van der Waals surface area contributed by atoms with Gasteiger partial charge in [0.05, 0.1) is 19.3 Å². The highest BCUT2D eigenvalue weighted by molar-refractivity contribution is 14.0. The van der Waals surface area contributed by atoms with Crippen LogP contribution in [-0.4, -0.2) is 25.5 Å². The molecule has 1 heterocycles. The molecular formula is C18H25IN4O2S. The number of rotatable bonds is 7. The van der Waals surface area contributed by atoms with Crippen molar-refractivity contribution in [3.05, 3.63) is 46.2 Å². The molecule has 0 aliphatic heterocycles. The molecule has 3 N–H and O–H groups in total. The Morgan fingerprint density at radius 1 is 1.23 bits per heavy atom. The van der Waals surface area contributed by atoms with Gasteiger partial charge in [0.15, 0.2) is 5.96 Å². The van der Waals surface area contributed by atoms with E-state index in [-0.39, 0.29) is 29.9 Å². The Balaban J connectivity index is 0.00000338. The van der Waals surface area contributed by atoms with Crippen LogP contribution in [0.3, 0.4) is 0 Å². The lowest BCUT2D eigenvalue weighted by Gasteiger charge is -2.14. The fraction of sp³-hybridized carbons (Fsp3) is 0.333. The normalized spacial score (nSPS) is 10.7. The Labute approximate surface area is 175 Å². The van der Waals surface area contributed by atoms with Gasteiger partial charge >= 0.3 is 0 Å². The number of aliphatic imine (C=N–C) groups is 1. The topological polar surface area (TPSA) is 74.8 Å². The second kappa shape index (κ2) is 11.7. The lowest BCUT2D eigenvalue weighted by Crippen LogP contribution is -2.36. The predicted octanol–water partition coefficient (Wildman–Crippen LogP) is 3.59. The van der Waals surface area contributed by atoms with Crippen molar-refractivity contribution >= 4 is 52.9 Å². The van der Waals surface area contributed by atoms with Crippen molar-refractivity contribution in [2.24, 2.45) is 4.99 Å². The van der Waals surface area contributed by atoms with Gasteiger partial charge in [0.25, 0.3) is 0 Å². The van der Waals surface area contributed by atoms with Crippen molar-refractivity contribution in [2.45, 2.75) is 26.9 Å². The molecule has 2 rings (SSSR count). The molecule has 0 aliphatic rings. The largest absolute Gasteiger partial charge is 0.495 e. The van der Waals surface area contributed by atoms with Gasteiger partial charge in [0.1, 0.15) is 5.75 Å². The zero-order valence-electron chi connectivity index (χ0n) is 15.2. The van der Waals surface area contributed by atoms with Crippen LogP contribution in [0.2, 0.25) is 0 Å². The molecule has 0 fully saturated rings. The predicted molar refractivity (Wildman–Crippen MR) is 119 cm³/mol. The van der Waals surface area contributed by atoms with Crippen LogP contribution in [0.15, 0.2) is 40.0 Å². The van der Waals surface area contributed by atoms with Crippen molar-refractivity contribution in [3.63, 3.8) is 0 Å². The van der Waals surface area contributed by atoms with Gasteiger partial charge in [-0.05, 0) is 47.0 Å². The maximum Gasteiger partial charge on any atom is 0.221 e. The number of amides is 1. The number of hydrogen-bond acceptors (Lipinski definition) is 4. The highest BCUT2D eigenvalue weighted by atomic mass is 127. The van der Waals surface area contributed by atoms with E-state index < -0.39 is 0 Å². The van der Waals surface area contributed by atoms with E-state index in [9.17, 15) is 4.79 Å².